The van der Waals surface area contributed by atoms with Crippen molar-refractivity contribution in [3.05, 3.63) is 0 Å². The van der Waals surface area contributed by atoms with Gasteiger partial charge >= 0.3 is 0 Å². The zero-order valence-electron chi connectivity index (χ0n) is 11.9. The lowest BCUT2D eigenvalue weighted by Gasteiger charge is -2.39. The lowest BCUT2D eigenvalue weighted by atomic mass is 9.65. The zero-order chi connectivity index (χ0) is 13.6. The van der Waals surface area contributed by atoms with Crippen LogP contribution in [-0.2, 0) is 9.59 Å². The third kappa shape index (κ3) is 2.68. The van der Waals surface area contributed by atoms with E-state index in [1.165, 1.54) is 13.3 Å². The first kappa shape index (κ1) is 13.4. The number of amides is 2. The van der Waals surface area contributed by atoms with Crippen LogP contribution < -0.4 is 5.32 Å². The van der Waals surface area contributed by atoms with Gasteiger partial charge in [0.15, 0.2) is 0 Å². The van der Waals surface area contributed by atoms with E-state index in [4.69, 9.17) is 0 Å². The minimum absolute atomic E-state index is 0.0663. The maximum absolute atomic E-state index is 12.2. The second-order valence-electron chi connectivity index (χ2n) is 7.15. The van der Waals surface area contributed by atoms with Crippen molar-refractivity contribution < 1.29 is 9.59 Å². The van der Waals surface area contributed by atoms with Crippen molar-refractivity contribution in [3.8, 4) is 0 Å². The van der Waals surface area contributed by atoms with Gasteiger partial charge in [0.2, 0.25) is 11.8 Å². The fourth-order valence-corrected chi connectivity index (χ4v) is 4.05. The van der Waals surface area contributed by atoms with Gasteiger partial charge in [0.25, 0.3) is 0 Å². The third-order valence-electron chi connectivity index (χ3n) is 4.22. The highest BCUT2D eigenvalue weighted by Crippen LogP contribution is 2.52. The Balaban J connectivity index is 2.04. The van der Waals surface area contributed by atoms with Crippen LogP contribution in [0.2, 0.25) is 0 Å². The van der Waals surface area contributed by atoms with E-state index in [1.54, 1.807) is 0 Å². The number of nitrogens with one attached hydrogen (secondary N) is 1. The minimum atomic E-state index is -0.142. The molecule has 0 spiro atoms. The maximum Gasteiger partial charge on any atom is 0.242 e. The van der Waals surface area contributed by atoms with Crippen LogP contribution >= 0.6 is 0 Å². The molecule has 1 aliphatic heterocycles. The van der Waals surface area contributed by atoms with Crippen molar-refractivity contribution in [2.75, 3.05) is 13.1 Å². The van der Waals surface area contributed by atoms with E-state index >= 15 is 0 Å². The van der Waals surface area contributed by atoms with Crippen LogP contribution in [0.1, 0.15) is 47.0 Å². The van der Waals surface area contributed by atoms with E-state index in [2.05, 4.69) is 26.1 Å². The molecule has 4 heteroatoms. The van der Waals surface area contributed by atoms with Crippen molar-refractivity contribution >= 4 is 11.8 Å². The average molecular weight is 252 g/mol. The molecule has 2 rings (SSSR count). The molecule has 0 aromatic carbocycles. The number of rotatable bonds is 2. The van der Waals surface area contributed by atoms with Gasteiger partial charge in [0, 0.05) is 19.5 Å². The highest BCUT2D eigenvalue weighted by Gasteiger charge is 2.50. The van der Waals surface area contributed by atoms with Crippen LogP contribution in [0, 0.1) is 10.8 Å². The van der Waals surface area contributed by atoms with Gasteiger partial charge < -0.3 is 10.2 Å². The molecule has 2 aliphatic rings. The number of carbonyl (C=O) groups is 2. The SMILES string of the molecule is CC(=O)NCC(=O)N1CC2(C)CC1CC(C)(C)C2. The van der Waals surface area contributed by atoms with E-state index in [9.17, 15) is 9.59 Å². The van der Waals surface area contributed by atoms with E-state index in [-0.39, 0.29) is 23.8 Å². The second kappa shape index (κ2) is 4.25. The summed E-state index contributed by atoms with van der Waals surface area (Å²) in [5.74, 6) is -0.0753. The normalized spacial score (nSPS) is 33.3. The largest absolute Gasteiger partial charge is 0.347 e. The lowest BCUT2D eigenvalue weighted by molar-refractivity contribution is -0.133. The van der Waals surface area contributed by atoms with Gasteiger partial charge in [-0.3, -0.25) is 9.59 Å². The summed E-state index contributed by atoms with van der Waals surface area (Å²) in [6.45, 7) is 9.30. The summed E-state index contributed by atoms with van der Waals surface area (Å²) in [5, 5.41) is 2.61. The number of fused-ring (bicyclic) bond motifs is 2. The van der Waals surface area contributed by atoms with Gasteiger partial charge in [-0.15, -0.1) is 0 Å². The van der Waals surface area contributed by atoms with Gasteiger partial charge in [-0.2, -0.15) is 0 Å². The van der Waals surface area contributed by atoms with Crippen molar-refractivity contribution in [3.63, 3.8) is 0 Å². The molecule has 18 heavy (non-hydrogen) atoms. The number of nitrogens with zero attached hydrogens (tertiary/aromatic N) is 1. The Kier molecular flexibility index (Phi) is 3.16. The molecule has 1 aliphatic carbocycles. The Hall–Kier alpha value is -1.06. The molecule has 0 radical (unpaired) electrons. The van der Waals surface area contributed by atoms with Crippen LogP contribution in [0.5, 0.6) is 0 Å². The molecule has 2 fully saturated rings. The van der Waals surface area contributed by atoms with Crippen LogP contribution in [0.25, 0.3) is 0 Å². The standard InChI is InChI=1S/C14H24N2O2/c1-10(17)15-7-12(18)16-9-14(4)6-11(16)5-13(2,3)8-14/h11H,5-9H2,1-4H3,(H,15,17). The Bertz CT molecular complexity index is 378. The monoisotopic (exact) mass is 252 g/mol. The van der Waals surface area contributed by atoms with Crippen molar-refractivity contribution in [1.82, 2.24) is 10.2 Å². The Labute approximate surface area is 109 Å². The van der Waals surface area contributed by atoms with Gasteiger partial charge in [-0.25, -0.2) is 0 Å². The Morgan fingerprint density at radius 3 is 2.56 bits per heavy atom. The number of carbonyl (C=O) groups excluding carboxylic acids is 2. The van der Waals surface area contributed by atoms with Crippen molar-refractivity contribution in [2.24, 2.45) is 10.8 Å². The fourth-order valence-electron chi connectivity index (χ4n) is 4.05. The van der Waals surface area contributed by atoms with Crippen molar-refractivity contribution in [1.29, 1.82) is 0 Å². The number of hydrogen-bond acceptors (Lipinski definition) is 2. The van der Waals surface area contributed by atoms with Gasteiger partial charge in [-0.05, 0) is 30.1 Å². The first-order valence-electron chi connectivity index (χ1n) is 6.75. The molecule has 0 aromatic rings. The molecular formula is C14H24N2O2. The zero-order valence-corrected chi connectivity index (χ0v) is 11.9. The highest BCUT2D eigenvalue weighted by atomic mass is 16.2. The Morgan fingerprint density at radius 2 is 1.94 bits per heavy atom. The predicted octanol–water partition coefficient (Wildman–Crippen LogP) is 1.55. The quantitative estimate of drug-likeness (QED) is 0.810. The van der Waals surface area contributed by atoms with Crippen molar-refractivity contribution in [2.45, 2.75) is 53.0 Å². The maximum atomic E-state index is 12.2. The van der Waals surface area contributed by atoms with Crippen LogP contribution in [-0.4, -0.2) is 35.8 Å². The summed E-state index contributed by atoms with van der Waals surface area (Å²) in [7, 11) is 0. The number of likely N-dealkylation sites (tertiary alicyclic amines) is 1. The third-order valence-corrected chi connectivity index (χ3v) is 4.22. The summed E-state index contributed by atoms with van der Waals surface area (Å²) in [6.07, 6.45) is 3.37. The first-order chi connectivity index (χ1) is 8.21. The fraction of sp³-hybridized carbons (Fsp3) is 0.857. The molecule has 0 aromatic heterocycles. The second-order valence-corrected chi connectivity index (χ2v) is 7.15. The minimum Gasteiger partial charge on any atom is -0.347 e. The van der Waals surface area contributed by atoms with Gasteiger partial charge in [0.05, 0.1) is 6.54 Å². The van der Waals surface area contributed by atoms with Crippen LogP contribution in [0.4, 0.5) is 0 Å². The molecule has 4 nitrogen and oxygen atoms in total. The Morgan fingerprint density at radius 1 is 1.28 bits per heavy atom. The smallest absolute Gasteiger partial charge is 0.242 e. The van der Waals surface area contributed by atoms with Gasteiger partial charge in [0.1, 0.15) is 0 Å². The number of hydrogen-bond donors (Lipinski definition) is 1. The molecule has 2 amide bonds. The first-order valence-corrected chi connectivity index (χ1v) is 6.75. The summed E-state index contributed by atoms with van der Waals surface area (Å²) in [4.78, 5) is 25.0. The summed E-state index contributed by atoms with van der Waals surface area (Å²) < 4.78 is 0. The summed E-state index contributed by atoms with van der Waals surface area (Å²) in [6, 6.07) is 0.361. The summed E-state index contributed by atoms with van der Waals surface area (Å²) in [5.41, 5.74) is 0.582. The molecule has 1 heterocycles. The predicted molar refractivity (Wildman–Crippen MR) is 69.9 cm³/mol. The van der Waals surface area contributed by atoms with E-state index in [0.29, 0.717) is 11.5 Å². The molecule has 1 saturated carbocycles. The lowest BCUT2D eigenvalue weighted by Crippen LogP contribution is -2.43. The summed E-state index contributed by atoms with van der Waals surface area (Å²) >= 11 is 0. The molecule has 1 N–H and O–H groups in total. The van der Waals surface area contributed by atoms with Crippen LogP contribution in [0.3, 0.4) is 0 Å². The molecule has 2 bridgehead atoms. The van der Waals surface area contributed by atoms with E-state index in [1.807, 2.05) is 4.90 Å². The molecule has 2 atom stereocenters. The average Bonchev–Trinajstić information content (AvgIpc) is 2.44. The van der Waals surface area contributed by atoms with E-state index in [0.717, 1.165) is 19.4 Å². The molecule has 102 valence electrons. The highest BCUT2D eigenvalue weighted by molar-refractivity contribution is 5.84. The molecular weight excluding hydrogens is 228 g/mol. The van der Waals surface area contributed by atoms with E-state index < -0.39 is 0 Å². The molecule has 2 unspecified atom stereocenters. The van der Waals surface area contributed by atoms with Crippen LogP contribution in [0.15, 0.2) is 0 Å². The molecule has 1 saturated heterocycles. The topological polar surface area (TPSA) is 49.4 Å². The van der Waals surface area contributed by atoms with Gasteiger partial charge in [-0.1, -0.05) is 20.8 Å².